The average molecular weight is 240 g/mol. The number of rotatable bonds is 2. The fourth-order valence-electron chi connectivity index (χ4n) is 1.98. The van der Waals surface area contributed by atoms with E-state index in [1.54, 1.807) is 18.0 Å². The molecule has 16 heavy (non-hydrogen) atoms. The molecule has 1 saturated heterocycles. The number of nitrogens with zero attached hydrogens (tertiary/aromatic N) is 2. The molecule has 0 amide bonds. The van der Waals surface area contributed by atoms with Gasteiger partial charge < -0.3 is 4.90 Å². The van der Waals surface area contributed by atoms with Crippen LogP contribution in [0.15, 0.2) is 18.2 Å². The van der Waals surface area contributed by atoms with Crippen LogP contribution in [0.25, 0.3) is 0 Å². The van der Waals surface area contributed by atoms with E-state index in [-0.39, 0.29) is 5.82 Å². The summed E-state index contributed by atoms with van der Waals surface area (Å²) < 4.78 is 16.1. The van der Waals surface area contributed by atoms with Gasteiger partial charge in [0.15, 0.2) is 0 Å². The van der Waals surface area contributed by atoms with Gasteiger partial charge in [-0.25, -0.2) is 8.70 Å². The first-order chi connectivity index (χ1) is 7.70. The monoisotopic (exact) mass is 240 g/mol. The molecule has 2 nitrogen and oxygen atoms in total. The van der Waals surface area contributed by atoms with E-state index >= 15 is 0 Å². The van der Waals surface area contributed by atoms with Crippen molar-refractivity contribution in [3.63, 3.8) is 0 Å². The Kier molecular flexibility index (Phi) is 3.71. The smallest absolute Gasteiger partial charge is 0.146 e. The summed E-state index contributed by atoms with van der Waals surface area (Å²) in [6.07, 6.45) is 2.09. The molecular formula is C12H17FN2S. The molecule has 0 aromatic heterocycles. The fraction of sp³-hybridized carbons (Fsp3) is 0.500. The molecule has 2 rings (SSSR count). The van der Waals surface area contributed by atoms with E-state index in [9.17, 15) is 4.39 Å². The molecule has 0 aliphatic carbocycles. The molecule has 0 radical (unpaired) electrons. The lowest BCUT2D eigenvalue weighted by molar-refractivity contribution is 0.427. The topological polar surface area (TPSA) is 6.48 Å². The quantitative estimate of drug-likeness (QED) is 0.734. The van der Waals surface area contributed by atoms with Crippen LogP contribution in [0.5, 0.6) is 0 Å². The van der Waals surface area contributed by atoms with Crippen LogP contribution in [0, 0.1) is 12.7 Å². The van der Waals surface area contributed by atoms with Crippen molar-refractivity contribution in [2.45, 2.75) is 6.92 Å². The first-order valence-electron chi connectivity index (χ1n) is 5.51. The zero-order valence-electron chi connectivity index (χ0n) is 9.74. The lowest BCUT2D eigenvalue weighted by Gasteiger charge is -2.34. The molecule has 1 aromatic rings. The van der Waals surface area contributed by atoms with Crippen molar-refractivity contribution in [3.8, 4) is 0 Å². The second-order valence-corrected chi connectivity index (χ2v) is 4.94. The summed E-state index contributed by atoms with van der Waals surface area (Å²) in [7, 11) is 0. The van der Waals surface area contributed by atoms with Crippen molar-refractivity contribution < 1.29 is 4.39 Å². The lowest BCUT2D eigenvalue weighted by Crippen LogP contribution is -2.43. The maximum absolute atomic E-state index is 13.8. The predicted molar refractivity (Wildman–Crippen MR) is 68.4 cm³/mol. The van der Waals surface area contributed by atoms with Gasteiger partial charge in [-0.15, -0.1) is 0 Å². The van der Waals surface area contributed by atoms with Crippen LogP contribution in [-0.4, -0.2) is 36.7 Å². The zero-order valence-corrected chi connectivity index (χ0v) is 10.6. The third-order valence-corrected chi connectivity index (χ3v) is 3.82. The van der Waals surface area contributed by atoms with Crippen molar-refractivity contribution in [2.24, 2.45) is 0 Å². The first-order valence-corrected chi connectivity index (χ1v) is 6.69. The van der Waals surface area contributed by atoms with Crippen LogP contribution in [-0.2, 0) is 0 Å². The van der Waals surface area contributed by atoms with Gasteiger partial charge in [-0.3, -0.25) is 0 Å². The molecule has 0 unspecified atom stereocenters. The molecular weight excluding hydrogens is 223 g/mol. The number of hydrogen-bond acceptors (Lipinski definition) is 3. The van der Waals surface area contributed by atoms with Crippen LogP contribution in [0.3, 0.4) is 0 Å². The molecule has 1 aromatic carbocycles. The highest BCUT2D eigenvalue weighted by molar-refractivity contribution is 7.96. The standard InChI is InChI=1S/C12H17FN2S/c1-10-3-4-12(11(13)9-10)14-5-7-15(16-2)8-6-14/h3-4,9H,5-8H2,1-2H3. The second kappa shape index (κ2) is 5.06. The summed E-state index contributed by atoms with van der Waals surface area (Å²) in [6.45, 7) is 5.71. The third kappa shape index (κ3) is 2.50. The molecule has 1 aliphatic rings. The highest BCUT2D eigenvalue weighted by Crippen LogP contribution is 2.22. The molecule has 1 aliphatic heterocycles. The summed E-state index contributed by atoms with van der Waals surface area (Å²) in [5, 5.41) is 0. The highest BCUT2D eigenvalue weighted by Gasteiger charge is 2.18. The van der Waals surface area contributed by atoms with Gasteiger partial charge in [-0.05, 0) is 30.9 Å². The fourth-order valence-corrected chi connectivity index (χ4v) is 2.51. The van der Waals surface area contributed by atoms with Gasteiger partial charge in [-0.2, -0.15) is 0 Å². The molecule has 0 atom stereocenters. The second-order valence-electron chi connectivity index (χ2n) is 4.05. The van der Waals surface area contributed by atoms with Crippen molar-refractivity contribution in [2.75, 3.05) is 37.3 Å². The van der Waals surface area contributed by atoms with Gasteiger partial charge >= 0.3 is 0 Å². The first kappa shape index (κ1) is 11.7. The van der Waals surface area contributed by atoms with E-state index in [4.69, 9.17) is 0 Å². The minimum Gasteiger partial charge on any atom is -0.367 e. The summed E-state index contributed by atoms with van der Waals surface area (Å²) in [5.41, 5.74) is 1.72. The normalized spacial score (nSPS) is 17.8. The van der Waals surface area contributed by atoms with Crippen molar-refractivity contribution in [1.82, 2.24) is 4.31 Å². The zero-order chi connectivity index (χ0) is 11.5. The van der Waals surface area contributed by atoms with E-state index < -0.39 is 0 Å². The van der Waals surface area contributed by atoms with Gasteiger partial charge in [0.25, 0.3) is 0 Å². The van der Waals surface area contributed by atoms with Crippen LogP contribution >= 0.6 is 11.9 Å². The largest absolute Gasteiger partial charge is 0.367 e. The Balaban J connectivity index is 2.08. The number of halogens is 1. The summed E-state index contributed by atoms with van der Waals surface area (Å²) >= 11 is 1.76. The maximum atomic E-state index is 13.8. The molecule has 0 saturated carbocycles. The van der Waals surface area contributed by atoms with Gasteiger partial charge in [0, 0.05) is 26.2 Å². The van der Waals surface area contributed by atoms with Gasteiger partial charge in [0.1, 0.15) is 5.82 Å². The Hall–Kier alpha value is -0.740. The van der Waals surface area contributed by atoms with Crippen molar-refractivity contribution in [3.05, 3.63) is 29.6 Å². The number of hydrogen-bond donors (Lipinski definition) is 0. The van der Waals surface area contributed by atoms with Gasteiger partial charge in [-0.1, -0.05) is 18.0 Å². The highest BCUT2D eigenvalue weighted by atomic mass is 32.2. The van der Waals surface area contributed by atoms with Crippen LogP contribution in [0.2, 0.25) is 0 Å². The SMILES string of the molecule is CSN1CCN(c2ccc(C)cc2F)CC1. The maximum Gasteiger partial charge on any atom is 0.146 e. The summed E-state index contributed by atoms with van der Waals surface area (Å²) in [4.78, 5) is 2.13. The van der Waals surface area contributed by atoms with Crippen molar-refractivity contribution >= 4 is 17.6 Å². The van der Waals surface area contributed by atoms with E-state index in [1.165, 1.54) is 0 Å². The number of anilines is 1. The van der Waals surface area contributed by atoms with Crippen LogP contribution in [0.4, 0.5) is 10.1 Å². The number of piperazine rings is 1. The molecule has 0 N–H and O–H groups in total. The Morgan fingerprint density at radius 3 is 2.44 bits per heavy atom. The molecule has 0 spiro atoms. The lowest BCUT2D eigenvalue weighted by atomic mass is 10.2. The van der Waals surface area contributed by atoms with E-state index in [0.29, 0.717) is 0 Å². The molecule has 4 heteroatoms. The van der Waals surface area contributed by atoms with Gasteiger partial charge in [0.2, 0.25) is 0 Å². The third-order valence-electron chi connectivity index (χ3n) is 2.94. The van der Waals surface area contributed by atoms with E-state index in [2.05, 4.69) is 15.5 Å². The minimum atomic E-state index is -0.0994. The molecule has 1 heterocycles. The number of aryl methyl sites for hydroxylation is 1. The average Bonchev–Trinajstić information content (AvgIpc) is 2.29. The number of benzene rings is 1. The van der Waals surface area contributed by atoms with E-state index in [1.807, 2.05) is 19.1 Å². The summed E-state index contributed by atoms with van der Waals surface area (Å²) in [6, 6.07) is 5.47. The molecule has 88 valence electrons. The Morgan fingerprint density at radius 2 is 1.88 bits per heavy atom. The Morgan fingerprint density at radius 1 is 1.19 bits per heavy atom. The minimum absolute atomic E-state index is 0.0994. The summed E-state index contributed by atoms with van der Waals surface area (Å²) in [5.74, 6) is -0.0994. The van der Waals surface area contributed by atoms with Gasteiger partial charge in [0.05, 0.1) is 5.69 Å². The molecule has 1 fully saturated rings. The Bertz CT molecular complexity index is 362. The van der Waals surface area contributed by atoms with Crippen LogP contribution in [0.1, 0.15) is 5.56 Å². The van der Waals surface area contributed by atoms with Crippen LogP contribution < -0.4 is 4.90 Å². The van der Waals surface area contributed by atoms with E-state index in [0.717, 1.165) is 37.4 Å². The predicted octanol–water partition coefficient (Wildman–Crippen LogP) is 2.53. The Labute approximate surface area is 101 Å². The molecule has 0 bridgehead atoms. The van der Waals surface area contributed by atoms with Crippen molar-refractivity contribution in [1.29, 1.82) is 0 Å².